The Kier molecular flexibility index (Phi) is 4.76. The lowest BCUT2D eigenvalue weighted by Crippen LogP contribution is -2.19. The van der Waals surface area contributed by atoms with Crippen LogP contribution in [0.25, 0.3) is 6.08 Å². The fourth-order valence-electron chi connectivity index (χ4n) is 2.13. The highest BCUT2D eigenvalue weighted by molar-refractivity contribution is 8.18. The number of aliphatic imine (C=N–C) groups is 1. The van der Waals surface area contributed by atoms with Crippen LogP contribution in [0.15, 0.2) is 58.4 Å². The van der Waals surface area contributed by atoms with Gasteiger partial charge in [-0.3, -0.25) is 25.0 Å². The zero-order valence-electron chi connectivity index (χ0n) is 13.0. The number of amides is 1. The molecular weight excluding hydrogens is 360 g/mol. The van der Waals surface area contributed by atoms with Crippen molar-refractivity contribution in [3.05, 3.63) is 79.2 Å². The van der Waals surface area contributed by atoms with Crippen LogP contribution in [0.1, 0.15) is 5.56 Å². The number of benzene rings is 2. The summed E-state index contributed by atoms with van der Waals surface area (Å²) in [5.41, 5.74) is 0.856. The van der Waals surface area contributed by atoms with Crippen LogP contribution in [0.2, 0.25) is 0 Å². The molecule has 2 aromatic carbocycles. The Bertz CT molecular complexity index is 969. The molecule has 0 bridgehead atoms. The smallest absolute Gasteiger partial charge is 0.270 e. The lowest BCUT2D eigenvalue weighted by atomic mass is 10.2. The van der Waals surface area contributed by atoms with Crippen molar-refractivity contribution in [2.24, 2.45) is 4.99 Å². The van der Waals surface area contributed by atoms with Crippen LogP contribution >= 0.6 is 11.8 Å². The van der Waals surface area contributed by atoms with Gasteiger partial charge in [-0.2, -0.15) is 0 Å². The predicted octanol–water partition coefficient (Wildman–Crippen LogP) is 3.39. The summed E-state index contributed by atoms with van der Waals surface area (Å²) in [6.45, 7) is 0. The number of hydrogen-bond acceptors (Lipinski definition) is 7. The van der Waals surface area contributed by atoms with E-state index in [0.717, 1.165) is 11.8 Å². The van der Waals surface area contributed by atoms with Crippen molar-refractivity contribution in [2.75, 3.05) is 0 Å². The van der Waals surface area contributed by atoms with E-state index >= 15 is 0 Å². The summed E-state index contributed by atoms with van der Waals surface area (Å²) in [7, 11) is 0. The number of nitro groups is 2. The summed E-state index contributed by atoms with van der Waals surface area (Å²) >= 11 is 1.08. The van der Waals surface area contributed by atoms with Crippen LogP contribution < -0.4 is 5.32 Å². The molecule has 1 amide bonds. The molecular formula is C16H10N4O5S. The van der Waals surface area contributed by atoms with Gasteiger partial charge in [0.05, 0.1) is 20.4 Å². The average molecular weight is 370 g/mol. The Morgan fingerprint density at radius 1 is 1.00 bits per heavy atom. The topological polar surface area (TPSA) is 128 Å². The quantitative estimate of drug-likeness (QED) is 0.499. The van der Waals surface area contributed by atoms with Gasteiger partial charge < -0.3 is 5.32 Å². The summed E-state index contributed by atoms with van der Waals surface area (Å²) in [5, 5.41) is 24.4. The van der Waals surface area contributed by atoms with Crippen molar-refractivity contribution in [3.8, 4) is 0 Å². The number of nitrogens with one attached hydrogen (secondary N) is 1. The van der Waals surface area contributed by atoms with E-state index in [9.17, 15) is 25.0 Å². The lowest BCUT2D eigenvalue weighted by molar-refractivity contribution is -0.385. The molecule has 0 atom stereocenters. The molecule has 0 aliphatic carbocycles. The third kappa shape index (κ3) is 3.92. The number of rotatable bonds is 4. The van der Waals surface area contributed by atoms with Gasteiger partial charge in [0.25, 0.3) is 17.3 Å². The molecule has 0 unspecified atom stereocenters. The monoisotopic (exact) mass is 370 g/mol. The molecule has 3 rings (SSSR count). The molecule has 2 aromatic rings. The van der Waals surface area contributed by atoms with E-state index in [4.69, 9.17) is 0 Å². The van der Waals surface area contributed by atoms with E-state index in [1.807, 2.05) is 0 Å². The van der Waals surface area contributed by atoms with Crippen LogP contribution in [0.3, 0.4) is 0 Å². The van der Waals surface area contributed by atoms with Crippen LogP contribution in [0, 0.1) is 20.2 Å². The van der Waals surface area contributed by atoms with Gasteiger partial charge >= 0.3 is 0 Å². The Morgan fingerprint density at radius 3 is 2.35 bits per heavy atom. The molecule has 0 spiro atoms. The molecule has 1 aliphatic heterocycles. The molecule has 130 valence electrons. The number of carbonyl (C=O) groups excluding carboxylic acids is 1. The molecule has 1 fully saturated rings. The zero-order valence-corrected chi connectivity index (χ0v) is 13.8. The van der Waals surface area contributed by atoms with Crippen molar-refractivity contribution in [2.45, 2.75) is 0 Å². The number of thioether (sulfide) groups is 1. The summed E-state index contributed by atoms with van der Waals surface area (Å²) in [5.74, 6) is -0.373. The first-order valence-electron chi connectivity index (χ1n) is 7.21. The second-order valence-corrected chi connectivity index (χ2v) is 6.14. The fourth-order valence-corrected chi connectivity index (χ4v) is 2.97. The number of hydrogen-bond donors (Lipinski definition) is 1. The number of amidine groups is 1. The molecule has 0 saturated carbocycles. The first-order valence-corrected chi connectivity index (χ1v) is 8.02. The standard InChI is InChI=1S/C16H10N4O5S/c21-15-14(9-10-2-1-3-13(8-10)20(24)25)26-16(18-15)17-11-4-6-12(7-5-11)19(22)23/h1-9H,(H,17,18,21). The van der Waals surface area contributed by atoms with E-state index < -0.39 is 9.85 Å². The molecule has 9 nitrogen and oxygen atoms in total. The van der Waals surface area contributed by atoms with Crippen LogP contribution in [0.4, 0.5) is 17.1 Å². The van der Waals surface area contributed by atoms with Gasteiger partial charge in [-0.15, -0.1) is 0 Å². The maximum atomic E-state index is 12.0. The first kappa shape index (κ1) is 17.3. The summed E-state index contributed by atoms with van der Waals surface area (Å²) in [6.07, 6.45) is 1.53. The van der Waals surface area contributed by atoms with Crippen LogP contribution in [-0.4, -0.2) is 20.9 Å². The minimum Gasteiger partial charge on any atom is -0.300 e. The van der Waals surface area contributed by atoms with Crippen molar-refractivity contribution in [1.82, 2.24) is 5.32 Å². The Labute approximate surface area is 150 Å². The molecule has 26 heavy (non-hydrogen) atoms. The molecule has 1 heterocycles. The Morgan fingerprint density at radius 2 is 1.69 bits per heavy atom. The molecule has 1 N–H and O–H groups in total. The van der Waals surface area contributed by atoms with Gasteiger partial charge in [-0.05, 0) is 35.5 Å². The molecule has 0 radical (unpaired) electrons. The Hall–Kier alpha value is -3.53. The molecule has 10 heteroatoms. The molecule has 1 aliphatic rings. The maximum absolute atomic E-state index is 12.0. The number of nitrogens with zero attached hydrogens (tertiary/aromatic N) is 3. The minimum absolute atomic E-state index is 0.0525. The largest absolute Gasteiger partial charge is 0.300 e. The molecule has 1 saturated heterocycles. The van der Waals surface area contributed by atoms with Crippen molar-refractivity contribution in [3.63, 3.8) is 0 Å². The van der Waals surface area contributed by atoms with Gasteiger partial charge in [0, 0.05) is 24.3 Å². The van der Waals surface area contributed by atoms with Gasteiger partial charge in [-0.25, -0.2) is 4.99 Å². The van der Waals surface area contributed by atoms with Gasteiger partial charge in [0.2, 0.25) is 0 Å². The van der Waals surface area contributed by atoms with Crippen molar-refractivity contribution in [1.29, 1.82) is 0 Å². The Balaban J connectivity index is 1.80. The van der Waals surface area contributed by atoms with Crippen LogP contribution in [0.5, 0.6) is 0 Å². The van der Waals surface area contributed by atoms with Gasteiger partial charge in [0.15, 0.2) is 5.17 Å². The highest BCUT2D eigenvalue weighted by Crippen LogP contribution is 2.29. The van der Waals surface area contributed by atoms with E-state index in [1.54, 1.807) is 6.07 Å². The second-order valence-electron chi connectivity index (χ2n) is 5.11. The van der Waals surface area contributed by atoms with E-state index in [1.165, 1.54) is 48.5 Å². The van der Waals surface area contributed by atoms with Crippen molar-refractivity contribution < 1.29 is 14.6 Å². The fraction of sp³-hybridized carbons (Fsp3) is 0. The second kappa shape index (κ2) is 7.15. The highest BCUT2D eigenvalue weighted by atomic mass is 32.2. The third-order valence-corrected chi connectivity index (χ3v) is 4.23. The van der Waals surface area contributed by atoms with Crippen molar-refractivity contribution >= 4 is 46.0 Å². The highest BCUT2D eigenvalue weighted by Gasteiger charge is 2.24. The van der Waals surface area contributed by atoms with Crippen LogP contribution in [-0.2, 0) is 4.79 Å². The summed E-state index contributed by atoms with van der Waals surface area (Å²) in [4.78, 5) is 37.0. The third-order valence-electron chi connectivity index (χ3n) is 3.32. The normalized spacial score (nSPS) is 16.7. The lowest BCUT2D eigenvalue weighted by Gasteiger charge is -1.96. The summed E-state index contributed by atoms with van der Waals surface area (Å²) < 4.78 is 0. The van der Waals surface area contributed by atoms with Gasteiger partial charge in [0.1, 0.15) is 0 Å². The average Bonchev–Trinajstić information content (AvgIpc) is 2.94. The van der Waals surface area contributed by atoms with Gasteiger partial charge in [-0.1, -0.05) is 12.1 Å². The SMILES string of the molecule is O=C1NC(=Nc2ccc([N+](=O)[O-])cc2)SC1=Cc1cccc([N+](=O)[O-])c1. The zero-order chi connectivity index (χ0) is 18.7. The number of carbonyl (C=O) groups is 1. The van der Waals surface area contributed by atoms with E-state index in [2.05, 4.69) is 10.3 Å². The summed E-state index contributed by atoms with van der Waals surface area (Å²) in [6, 6.07) is 11.5. The predicted molar refractivity (Wildman–Crippen MR) is 97.0 cm³/mol. The maximum Gasteiger partial charge on any atom is 0.270 e. The number of non-ortho nitro benzene ring substituents is 2. The molecule has 0 aromatic heterocycles. The first-order chi connectivity index (χ1) is 12.4. The van der Waals surface area contributed by atoms with E-state index in [0.29, 0.717) is 21.3 Å². The number of nitro benzene ring substituents is 2. The minimum atomic E-state index is -0.511. The van der Waals surface area contributed by atoms with E-state index in [-0.39, 0.29) is 17.3 Å².